The highest BCUT2D eigenvalue weighted by Crippen LogP contribution is 2.10. The number of rotatable bonds is 2. The van der Waals surface area contributed by atoms with Gasteiger partial charge in [-0.15, -0.1) is 0 Å². The van der Waals surface area contributed by atoms with Crippen LogP contribution in [0.3, 0.4) is 0 Å². The molecule has 0 unspecified atom stereocenters. The van der Waals surface area contributed by atoms with E-state index in [9.17, 15) is 9.18 Å². The van der Waals surface area contributed by atoms with Gasteiger partial charge in [0.15, 0.2) is 0 Å². The number of halogens is 1. The lowest BCUT2D eigenvalue weighted by molar-refractivity contribution is 0.174. The maximum atomic E-state index is 13.0. The number of ether oxygens (including phenoxy) is 1. The number of methoxy groups -OCH3 is 1. The highest BCUT2D eigenvalue weighted by molar-refractivity contribution is 5.77. The van der Waals surface area contributed by atoms with Gasteiger partial charge < -0.3 is 4.74 Å². The molecule has 0 aliphatic carbocycles. The summed E-state index contributed by atoms with van der Waals surface area (Å²) < 4.78 is 19.3. The number of hydrogen-bond donors (Lipinski definition) is 0. The first-order valence-electron chi connectivity index (χ1n) is 4.77. The second-order valence-corrected chi connectivity index (χ2v) is 3.49. The topological polar surface area (TPSA) is 44.1 Å². The normalized spacial score (nSPS) is 10.9. The molecule has 0 aliphatic rings. The van der Waals surface area contributed by atoms with Gasteiger partial charge in [0.1, 0.15) is 18.2 Å². The van der Waals surface area contributed by atoms with Crippen LogP contribution in [0.4, 0.5) is 4.39 Å². The first-order valence-corrected chi connectivity index (χ1v) is 4.77. The SMILES string of the molecule is COCc1nc2ccc(F)cc2c(=O)n1C. The number of fused-ring (bicyclic) bond motifs is 1. The number of hydrogen-bond acceptors (Lipinski definition) is 3. The molecule has 0 atom stereocenters. The summed E-state index contributed by atoms with van der Waals surface area (Å²) in [5.74, 6) is 0.0810. The molecule has 16 heavy (non-hydrogen) atoms. The van der Waals surface area contributed by atoms with E-state index in [4.69, 9.17) is 4.74 Å². The van der Waals surface area contributed by atoms with Gasteiger partial charge in [-0.3, -0.25) is 9.36 Å². The van der Waals surface area contributed by atoms with Crippen molar-refractivity contribution in [2.45, 2.75) is 6.61 Å². The zero-order valence-electron chi connectivity index (χ0n) is 9.03. The Labute approximate surface area is 91.3 Å². The monoisotopic (exact) mass is 222 g/mol. The highest BCUT2D eigenvalue weighted by Gasteiger charge is 2.08. The van der Waals surface area contributed by atoms with Crippen molar-refractivity contribution in [2.24, 2.45) is 7.05 Å². The largest absolute Gasteiger partial charge is 0.377 e. The summed E-state index contributed by atoms with van der Waals surface area (Å²) >= 11 is 0. The summed E-state index contributed by atoms with van der Waals surface area (Å²) in [5, 5.41) is 0.280. The summed E-state index contributed by atoms with van der Waals surface area (Å²) in [6.07, 6.45) is 0. The van der Waals surface area contributed by atoms with Crippen LogP contribution in [0.2, 0.25) is 0 Å². The Morgan fingerprint density at radius 1 is 1.50 bits per heavy atom. The van der Waals surface area contributed by atoms with Gasteiger partial charge in [-0.1, -0.05) is 0 Å². The van der Waals surface area contributed by atoms with Crippen molar-refractivity contribution in [3.8, 4) is 0 Å². The molecule has 0 saturated heterocycles. The fourth-order valence-corrected chi connectivity index (χ4v) is 1.55. The molecule has 0 spiro atoms. The first-order chi connectivity index (χ1) is 7.63. The Morgan fingerprint density at radius 3 is 2.94 bits per heavy atom. The molecule has 4 nitrogen and oxygen atoms in total. The van der Waals surface area contributed by atoms with Gasteiger partial charge in [-0.05, 0) is 18.2 Å². The summed E-state index contributed by atoms with van der Waals surface area (Å²) in [7, 11) is 3.12. The van der Waals surface area contributed by atoms with Crippen LogP contribution in [0.5, 0.6) is 0 Å². The standard InChI is InChI=1S/C11H11FN2O2/c1-14-10(6-16-2)13-9-4-3-7(12)5-8(9)11(14)15/h3-5H,6H2,1-2H3. The van der Waals surface area contributed by atoms with Gasteiger partial charge in [0.05, 0.1) is 10.9 Å². The van der Waals surface area contributed by atoms with Crippen molar-refractivity contribution in [1.29, 1.82) is 0 Å². The molecule has 0 fully saturated rings. The molecule has 84 valence electrons. The van der Waals surface area contributed by atoms with Gasteiger partial charge >= 0.3 is 0 Å². The molecule has 1 heterocycles. The van der Waals surface area contributed by atoms with Crippen LogP contribution in [0.1, 0.15) is 5.82 Å². The third-order valence-electron chi connectivity index (χ3n) is 2.40. The number of nitrogens with zero attached hydrogens (tertiary/aromatic N) is 2. The lowest BCUT2D eigenvalue weighted by atomic mass is 10.2. The smallest absolute Gasteiger partial charge is 0.261 e. The summed E-state index contributed by atoms with van der Waals surface area (Å²) in [6, 6.07) is 3.97. The van der Waals surface area contributed by atoms with Crippen LogP contribution in [0.15, 0.2) is 23.0 Å². The molecule has 0 N–H and O–H groups in total. The maximum absolute atomic E-state index is 13.0. The third-order valence-corrected chi connectivity index (χ3v) is 2.40. The van der Waals surface area contributed by atoms with E-state index in [1.54, 1.807) is 7.05 Å². The zero-order valence-corrected chi connectivity index (χ0v) is 9.03. The summed E-state index contributed by atoms with van der Waals surface area (Å²) in [4.78, 5) is 16.1. The van der Waals surface area contributed by atoms with Crippen molar-refractivity contribution in [2.75, 3.05) is 7.11 Å². The van der Waals surface area contributed by atoms with Crippen molar-refractivity contribution in [1.82, 2.24) is 9.55 Å². The van der Waals surface area contributed by atoms with E-state index in [-0.39, 0.29) is 17.6 Å². The molecule has 0 aliphatic heterocycles. The molecule has 0 amide bonds. The van der Waals surface area contributed by atoms with Gasteiger partial charge in [-0.25, -0.2) is 9.37 Å². The van der Waals surface area contributed by atoms with Crippen LogP contribution in [0, 0.1) is 5.82 Å². The van der Waals surface area contributed by atoms with Crippen LogP contribution in [0.25, 0.3) is 10.9 Å². The van der Waals surface area contributed by atoms with Crippen LogP contribution in [-0.2, 0) is 18.4 Å². The van der Waals surface area contributed by atoms with Crippen LogP contribution in [-0.4, -0.2) is 16.7 Å². The van der Waals surface area contributed by atoms with E-state index in [1.165, 1.54) is 29.9 Å². The predicted molar refractivity (Wildman–Crippen MR) is 57.7 cm³/mol. The number of aromatic nitrogens is 2. The lowest BCUT2D eigenvalue weighted by Gasteiger charge is -2.07. The third kappa shape index (κ3) is 1.69. The Bertz CT molecular complexity index is 592. The molecule has 1 aromatic heterocycles. The minimum absolute atomic E-state index is 0.249. The van der Waals surface area contributed by atoms with Gasteiger partial charge in [0.25, 0.3) is 5.56 Å². The minimum Gasteiger partial charge on any atom is -0.377 e. The lowest BCUT2D eigenvalue weighted by Crippen LogP contribution is -2.22. The van der Waals surface area contributed by atoms with E-state index in [0.717, 1.165) is 0 Å². The minimum atomic E-state index is -0.439. The quantitative estimate of drug-likeness (QED) is 0.767. The molecular weight excluding hydrogens is 211 g/mol. The van der Waals surface area contributed by atoms with E-state index < -0.39 is 5.82 Å². The molecule has 0 bridgehead atoms. The molecule has 1 aromatic carbocycles. The summed E-state index contributed by atoms with van der Waals surface area (Å²) in [5.41, 5.74) is 0.216. The Balaban J connectivity index is 2.78. The fourth-order valence-electron chi connectivity index (χ4n) is 1.55. The maximum Gasteiger partial charge on any atom is 0.261 e. The van der Waals surface area contributed by atoms with Crippen molar-refractivity contribution in [3.05, 3.63) is 40.2 Å². The average Bonchev–Trinajstić information content (AvgIpc) is 2.27. The van der Waals surface area contributed by atoms with Gasteiger partial charge in [0, 0.05) is 14.2 Å². The van der Waals surface area contributed by atoms with Crippen molar-refractivity contribution < 1.29 is 9.13 Å². The molecule has 5 heteroatoms. The Morgan fingerprint density at radius 2 is 2.25 bits per heavy atom. The molecule has 2 aromatic rings. The van der Waals surface area contributed by atoms with Crippen LogP contribution < -0.4 is 5.56 Å². The molecule has 0 radical (unpaired) electrons. The fraction of sp³-hybridized carbons (Fsp3) is 0.273. The molecule has 0 saturated carbocycles. The van der Waals surface area contributed by atoms with Crippen molar-refractivity contribution in [3.63, 3.8) is 0 Å². The van der Waals surface area contributed by atoms with E-state index in [1.807, 2.05) is 0 Å². The predicted octanol–water partition coefficient (Wildman–Crippen LogP) is 1.22. The van der Waals surface area contributed by atoms with E-state index in [2.05, 4.69) is 4.98 Å². The average molecular weight is 222 g/mol. The van der Waals surface area contributed by atoms with Gasteiger partial charge in [-0.2, -0.15) is 0 Å². The molecule has 2 rings (SSSR count). The summed E-state index contributed by atoms with van der Waals surface area (Å²) in [6.45, 7) is 0.249. The Kier molecular flexibility index (Phi) is 2.70. The second-order valence-electron chi connectivity index (χ2n) is 3.49. The highest BCUT2D eigenvalue weighted by atomic mass is 19.1. The zero-order chi connectivity index (χ0) is 11.7. The van der Waals surface area contributed by atoms with E-state index >= 15 is 0 Å². The Hall–Kier alpha value is -1.75. The second kappa shape index (κ2) is 4.02. The van der Waals surface area contributed by atoms with Crippen molar-refractivity contribution >= 4 is 10.9 Å². The van der Waals surface area contributed by atoms with Crippen LogP contribution >= 0.6 is 0 Å². The van der Waals surface area contributed by atoms with E-state index in [0.29, 0.717) is 11.3 Å². The molecular formula is C11H11FN2O2. The number of benzene rings is 1. The van der Waals surface area contributed by atoms with Gasteiger partial charge in [0.2, 0.25) is 0 Å². The first kappa shape index (κ1) is 10.8.